The van der Waals surface area contributed by atoms with Crippen LogP contribution >= 0.6 is 11.6 Å². The maximum absolute atomic E-state index is 13.0. The average Bonchev–Trinajstić information content (AvgIpc) is 3.39. The number of carbonyl (C=O) groups excluding carboxylic acids is 1. The number of alkyl halides is 3. The number of anilines is 3. The van der Waals surface area contributed by atoms with Gasteiger partial charge in [0.25, 0.3) is 0 Å². The minimum Gasteiger partial charge on any atom is -0.444 e. The van der Waals surface area contributed by atoms with Crippen LogP contribution in [0, 0.1) is 0 Å². The summed E-state index contributed by atoms with van der Waals surface area (Å²) in [6, 6.07) is 3.95. The number of nitrogens with one attached hydrogen (secondary N) is 1. The molecule has 2 atom stereocenters. The Hall–Kier alpha value is -2.82. The third-order valence-electron chi connectivity index (χ3n) is 6.33. The molecule has 0 spiro atoms. The van der Waals surface area contributed by atoms with E-state index in [1.165, 1.54) is 0 Å². The average molecular weight is 511 g/mol. The fraction of sp³-hybridized carbons (Fsp3) is 0.565. The van der Waals surface area contributed by atoms with E-state index in [-0.39, 0.29) is 30.0 Å². The molecule has 0 aromatic carbocycles. The summed E-state index contributed by atoms with van der Waals surface area (Å²) in [5.74, 6) is 1.06. The van der Waals surface area contributed by atoms with Crippen LogP contribution in [-0.4, -0.2) is 56.7 Å². The van der Waals surface area contributed by atoms with Gasteiger partial charge in [0.05, 0.1) is 23.5 Å². The molecule has 0 radical (unpaired) electrons. The van der Waals surface area contributed by atoms with Gasteiger partial charge in [0.2, 0.25) is 5.95 Å². The number of amides is 1. The van der Waals surface area contributed by atoms with Gasteiger partial charge in [-0.3, -0.25) is 0 Å². The number of fused-ring (bicyclic) bond motifs is 2. The first-order valence-corrected chi connectivity index (χ1v) is 11.9. The quantitative estimate of drug-likeness (QED) is 0.554. The number of likely N-dealkylation sites (tertiary alicyclic amines) is 1. The molecule has 12 heteroatoms. The van der Waals surface area contributed by atoms with E-state index in [0.29, 0.717) is 25.0 Å². The van der Waals surface area contributed by atoms with Gasteiger partial charge in [0.1, 0.15) is 22.1 Å². The molecule has 4 heterocycles. The molecule has 1 N–H and O–H groups in total. The van der Waals surface area contributed by atoms with Crippen molar-refractivity contribution in [3.8, 4) is 0 Å². The van der Waals surface area contributed by atoms with Crippen LogP contribution < -0.4 is 10.2 Å². The zero-order valence-electron chi connectivity index (χ0n) is 19.6. The Morgan fingerprint density at radius 3 is 2.46 bits per heavy atom. The van der Waals surface area contributed by atoms with Crippen LogP contribution in [0.25, 0.3) is 0 Å². The van der Waals surface area contributed by atoms with Gasteiger partial charge in [0.15, 0.2) is 0 Å². The Balaban J connectivity index is 1.32. The van der Waals surface area contributed by atoms with Crippen molar-refractivity contribution in [2.24, 2.45) is 0 Å². The van der Waals surface area contributed by atoms with E-state index in [2.05, 4.69) is 20.2 Å². The summed E-state index contributed by atoms with van der Waals surface area (Å²) >= 11 is 5.74. The summed E-state index contributed by atoms with van der Waals surface area (Å²) in [5.41, 5.74) is -0.144. The predicted molar refractivity (Wildman–Crippen MR) is 124 cm³/mol. The predicted octanol–water partition coefficient (Wildman–Crippen LogP) is 5.36. The van der Waals surface area contributed by atoms with E-state index in [1.807, 2.05) is 32.9 Å². The molecule has 5 rings (SSSR count). The van der Waals surface area contributed by atoms with Crippen LogP contribution in [0.2, 0.25) is 5.15 Å². The zero-order chi connectivity index (χ0) is 25.1. The van der Waals surface area contributed by atoms with Gasteiger partial charge in [-0.2, -0.15) is 13.2 Å². The molecule has 8 nitrogen and oxygen atoms in total. The van der Waals surface area contributed by atoms with Crippen LogP contribution in [0.4, 0.5) is 35.4 Å². The standard InChI is InChI=1S/C23H26ClF3N6O2/c1-22(2,3)35-21(34)33-11-13-8-14(33)10-32(13)17-7-6-16(18(30-17)12-4-5-12)29-20-28-9-15(19(24)31-20)23(25,26)27/h6-7,9,12-14H,4-5,8,10-11H2,1-3H3,(H,28,29,31)/t13-,14-/m1/s1. The number of rotatable bonds is 4. The Bertz CT molecular complexity index is 1150. The van der Waals surface area contributed by atoms with Crippen LogP contribution in [-0.2, 0) is 10.9 Å². The number of ether oxygens (including phenoxy) is 1. The molecule has 2 aromatic rings. The van der Waals surface area contributed by atoms with Gasteiger partial charge in [-0.25, -0.2) is 19.7 Å². The second-order valence-electron chi connectivity index (χ2n) is 10.2. The Morgan fingerprint density at radius 2 is 1.89 bits per heavy atom. The van der Waals surface area contributed by atoms with Crippen molar-refractivity contribution in [3.05, 3.63) is 34.7 Å². The van der Waals surface area contributed by atoms with Gasteiger partial charge in [-0.15, -0.1) is 0 Å². The highest BCUT2D eigenvalue weighted by molar-refractivity contribution is 6.30. The van der Waals surface area contributed by atoms with Crippen LogP contribution in [0.15, 0.2) is 18.3 Å². The van der Waals surface area contributed by atoms with E-state index in [9.17, 15) is 18.0 Å². The maximum atomic E-state index is 13.0. The molecule has 0 unspecified atom stereocenters. The van der Waals surface area contributed by atoms with E-state index in [4.69, 9.17) is 21.3 Å². The summed E-state index contributed by atoms with van der Waals surface area (Å²) in [6.45, 7) is 6.82. The van der Waals surface area contributed by atoms with Crippen LogP contribution in [0.5, 0.6) is 0 Å². The van der Waals surface area contributed by atoms with Crippen molar-refractivity contribution in [1.29, 1.82) is 0 Å². The Kier molecular flexibility index (Phi) is 5.73. The first kappa shape index (κ1) is 23.9. The van der Waals surface area contributed by atoms with E-state index in [1.54, 1.807) is 4.90 Å². The molecule has 2 aliphatic heterocycles. The molecule has 2 bridgehead atoms. The minimum atomic E-state index is -4.62. The van der Waals surface area contributed by atoms with Gasteiger partial charge >= 0.3 is 12.3 Å². The van der Waals surface area contributed by atoms with Gasteiger partial charge in [-0.05, 0) is 52.2 Å². The van der Waals surface area contributed by atoms with Crippen molar-refractivity contribution in [2.45, 2.75) is 69.8 Å². The normalized spacial score (nSPS) is 22.0. The number of carbonyl (C=O) groups is 1. The smallest absolute Gasteiger partial charge is 0.420 e. The van der Waals surface area contributed by atoms with E-state index in [0.717, 1.165) is 30.8 Å². The van der Waals surface area contributed by atoms with E-state index >= 15 is 0 Å². The number of pyridine rings is 1. The molecule has 1 amide bonds. The highest BCUT2D eigenvalue weighted by atomic mass is 35.5. The van der Waals surface area contributed by atoms with E-state index < -0.39 is 22.5 Å². The number of hydrogen-bond acceptors (Lipinski definition) is 7. The topological polar surface area (TPSA) is 83.5 Å². The summed E-state index contributed by atoms with van der Waals surface area (Å²) in [7, 11) is 0. The Labute approximate surface area is 205 Å². The van der Waals surface area contributed by atoms with Crippen LogP contribution in [0.3, 0.4) is 0 Å². The number of piperazine rings is 1. The molecular formula is C23H26ClF3N6O2. The molecule has 1 aliphatic carbocycles. The monoisotopic (exact) mass is 510 g/mol. The second kappa shape index (κ2) is 8.39. The summed E-state index contributed by atoms with van der Waals surface area (Å²) in [6.07, 6.45) is -1.40. The molecule has 2 saturated heterocycles. The van der Waals surface area contributed by atoms with Crippen LogP contribution in [0.1, 0.15) is 57.2 Å². The molecule has 3 aliphatic rings. The van der Waals surface area contributed by atoms with Crippen molar-refractivity contribution in [1.82, 2.24) is 19.9 Å². The summed E-state index contributed by atoms with van der Waals surface area (Å²) in [4.78, 5) is 29.0. The molecule has 2 aromatic heterocycles. The SMILES string of the molecule is CC(C)(C)OC(=O)N1C[C@H]2C[C@@H]1CN2c1ccc(Nc2ncc(C(F)(F)F)c(Cl)n2)c(C2CC2)n1. The lowest BCUT2D eigenvalue weighted by molar-refractivity contribution is -0.137. The molecule has 1 saturated carbocycles. The highest BCUT2D eigenvalue weighted by Crippen LogP contribution is 2.44. The number of aromatic nitrogens is 3. The lowest BCUT2D eigenvalue weighted by Gasteiger charge is -2.36. The first-order valence-electron chi connectivity index (χ1n) is 11.5. The van der Waals surface area contributed by atoms with Crippen molar-refractivity contribution >= 4 is 35.1 Å². The molecular weight excluding hydrogens is 485 g/mol. The minimum absolute atomic E-state index is 0.0207. The van der Waals surface area contributed by atoms with Gasteiger partial charge < -0.3 is 19.9 Å². The maximum Gasteiger partial charge on any atom is 0.420 e. The fourth-order valence-electron chi connectivity index (χ4n) is 4.62. The van der Waals surface area contributed by atoms with Crippen molar-refractivity contribution in [2.75, 3.05) is 23.3 Å². The summed E-state index contributed by atoms with van der Waals surface area (Å²) < 4.78 is 44.4. The number of hydrogen-bond donors (Lipinski definition) is 1. The number of nitrogens with zero attached hydrogens (tertiary/aromatic N) is 5. The van der Waals surface area contributed by atoms with Crippen molar-refractivity contribution < 1.29 is 22.7 Å². The second-order valence-corrected chi connectivity index (χ2v) is 10.6. The Morgan fingerprint density at radius 1 is 1.14 bits per heavy atom. The van der Waals surface area contributed by atoms with Crippen molar-refractivity contribution in [3.63, 3.8) is 0 Å². The lowest BCUT2D eigenvalue weighted by atomic mass is 10.2. The largest absolute Gasteiger partial charge is 0.444 e. The zero-order valence-corrected chi connectivity index (χ0v) is 20.3. The first-order chi connectivity index (χ1) is 16.4. The summed E-state index contributed by atoms with van der Waals surface area (Å²) in [5, 5.41) is 2.33. The van der Waals surface area contributed by atoms with Gasteiger partial charge in [-0.1, -0.05) is 11.6 Å². The molecule has 3 fully saturated rings. The van der Waals surface area contributed by atoms with Gasteiger partial charge in [0, 0.05) is 25.2 Å². The fourth-order valence-corrected chi connectivity index (χ4v) is 4.86. The number of halogens is 4. The third-order valence-corrected chi connectivity index (χ3v) is 6.62. The third kappa shape index (κ3) is 4.96. The molecule has 35 heavy (non-hydrogen) atoms. The lowest BCUT2D eigenvalue weighted by Crippen LogP contribution is -2.50. The molecule has 188 valence electrons. The highest BCUT2D eigenvalue weighted by Gasteiger charge is 2.47.